The third-order valence-corrected chi connectivity index (χ3v) is 6.03. The minimum absolute atomic E-state index is 0.0294. The second-order valence-corrected chi connectivity index (χ2v) is 8.68. The Kier molecular flexibility index (Phi) is 7.12. The van der Waals surface area contributed by atoms with Gasteiger partial charge in [-0.05, 0) is 62.1 Å². The van der Waals surface area contributed by atoms with Gasteiger partial charge in [0.25, 0.3) is 0 Å². The smallest absolute Gasteiger partial charge is 0.225 e. The van der Waals surface area contributed by atoms with Gasteiger partial charge in [-0.2, -0.15) is 0 Å². The summed E-state index contributed by atoms with van der Waals surface area (Å²) in [7, 11) is 0. The number of benzene rings is 3. The van der Waals surface area contributed by atoms with Gasteiger partial charge in [0.1, 0.15) is 18.1 Å². The molecule has 1 heterocycles. The molecule has 1 unspecified atom stereocenters. The zero-order valence-electron chi connectivity index (χ0n) is 20.1. The van der Waals surface area contributed by atoms with Crippen LogP contribution in [-0.2, 0) is 17.8 Å². The van der Waals surface area contributed by atoms with E-state index in [2.05, 4.69) is 54.7 Å². The van der Waals surface area contributed by atoms with E-state index in [0.29, 0.717) is 13.0 Å². The van der Waals surface area contributed by atoms with E-state index in [1.54, 1.807) is 0 Å². The molecule has 1 N–H and O–H groups in total. The largest absolute Gasteiger partial charge is 0.489 e. The highest BCUT2D eigenvalue weighted by atomic mass is 16.5. The molecule has 0 aliphatic carbocycles. The van der Waals surface area contributed by atoms with Crippen LogP contribution in [0.15, 0.2) is 77.3 Å². The number of amides is 1. The highest BCUT2D eigenvalue weighted by Crippen LogP contribution is 2.26. The number of rotatable bonds is 8. The topological polar surface area (TPSA) is 64.4 Å². The molecule has 1 amide bonds. The van der Waals surface area contributed by atoms with Crippen LogP contribution >= 0.6 is 0 Å². The second-order valence-electron chi connectivity index (χ2n) is 8.68. The predicted molar refractivity (Wildman–Crippen MR) is 133 cm³/mol. The van der Waals surface area contributed by atoms with E-state index >= 15 is 0 Å². The minimum atomic E-state index is -0.202. The van der Waals surface area contributed by atoms with Gasteiger partial charge < -0.3 is 14.6 Å². The molecule has 0 spiro atoms. The Bertz CT molecular complexity index is 1240. The summed E-state index contributed by atoms with van der Waals surface area (Å²) in [4.78, 5) is 13.0. The quantitative estimate of drug-likeness (QED) is 0.358. The standard InChI is InChI=1S/C29H30N2O3/c1-19-10-15-26(20(2)16-19)29(24-8-6-5-7-9-24)30-28(32)17-23-11-13-25(14-12-23)33-18-27-21(3)31-34-22(27)4/h5-16,29H,17-18H2,1-4H3,(H,30,32). The number of nitrogens with one attached hydrogen (secondary N) is 1. The molecular formula is C29H30N2O3. The van der Waals surface area contributed by atoms with Crippen molar-refractivity contribution in [2.45, 2.75) is 46.8 Å². The summed E-state index contributed by atoms with van der Waals surface area (Å²) in [6.45, 7) is 8.34. The van der Waals surface area contributed by atoms with Crippen LogP contribution < -0.4 is 10.1 Å². The SMILES string of the molecule is Cc1ccc(C(NC(=O)Cc2ccc(OCc3c(C)noc3C)cc2)c2ccccc2)c(C)c1. The van der Waals surface area contributed by atoms with Gasteiger partial charge in [-0.15, -0.1) is 0 Å². The Morgan fingerprint density at radius 1 is 0.971 bits per heavy atom. The minimum Gasteiger partial charge on any atom is -0.489 e. The molecule has 5 heteroatoms. The van der Waals surface area contributed by atoms with Crippen LogP contribution in [0.2, 0.25) is 0 Å². The number of aryl methyl sites for hydroxylation is 4. The third kappa shape index (κ3) is 5.54. The number of carbonyl (C=O) groups is 1. The molecular weight excluding hydrogens is 424 g/mol. The monoisotopic (exact) mass is 454 g/mol. The van der Waals surface area contributed by atoms with Crippen LogP contribution in [0.4, 0.5) is 0 Å². The van der Waals surface area contributed by atoms with Gasteiger partial charge in [0.05, 0.1) is 23.7 Å². The van der Waals surface area contributed by atoms with Crippen molar-refractivity contribution in [1.29, 1.82) is 0 Å². The molecule has 1 atom stereocenters. The van der Waals surface area contributed by atoms with E-state index in [-0.39, 0.29) is 11.9 Å². The predicted octanol–water partition coefficient (Wildman–Crippen LogP) is 5.94. The number of aromatic nitrogens is 1. The summed E-state index contributed by atoms with van der Waals surface area (Å²) in [6.07, 6.45) is 0.290. The Morgan fingerprint density at radius 3 is 2.35 bits per heavy atom. The fraction of sp³-hybridized carbons (Fsp3) is 0.241. The van der Waals surface area contributed by atoms with E-state index in [1.807, 2.05) is 56.3 Å². The Labute approximate surface area is 200 Å². The van der Waals surface area contributed by atoms with Crippen molar-refractivity contribution in [1.82, 2.24) is 10.5 Å². The molecule has 1 aromatic heterocycles. The number of nitrogens with zero attached hydrogens (tertiary/aromatic N) is 1. The lowest BCUT2D eigenvalue weighted by atomic mass is 9.93. The molecule has 3 aromatic carbocycles. The molecule has 174 valence electrons. The molecule has 4 aromatic rings. The second kappa shape index (κ2) is 10.4. The fourth-order valence-corrected chi connectivity index (χ4v) is 4.10. The number of carbonyl (C=O) groups excluding carboxylic acids is 1. The summed E-state index contributed by atoms with van der Waals surface area (Å²) in [5, 5.41) is 7.19. The first-order valence-corrected chi connectivity index (χ1v) is 11.5. The molecule has 0 aliphatic rings. The van der Waals surface area contributed by atoms with Gasteiger partial charge >= 0.3 is 0 Å². The summed E-state index contributed by atoms with van der Waals surface area (Å²) in [5.41, 5.74) is 7.25. The van der Waals surface area contributed by atoms with Crippen LogP contribution in [-0.4, -0.2) is 11.1 Å². The van der Waals surface area contributed by atoms with Gasteiger partial charge in [0.2, 0.25) is 5.91 Å². The van der Waals surface area contributed by atoms with Gasteiger partial charge in [-0.3, -0.25) is 4.79 Å². The van der Waals surface area contributed by atoms with E-state index in [4.69, 9.17) is 9.26 Å². The lowest BCUT2D eigenvalue weighted by molar-refractivity contribution is -0.120. The lowest BCUT2D eigenvalue weighted by Gasteiger charge is -2.22. The summed E-state index contributed by atoms with van der Waals surface area (Å²) >= 11 is 0. The lowest BCUT2D eigenvalue weighted by Crippen LogP contribution is -2.31. The van der Waals surface area contributed by atoms with Crippen molar-refractivity contribution in [2.75, 3.05) is 0 Å². The Hall–Kier alpha value is -3.86. The van der Waals surface area contributed by atoms with Crippen molar-refractivity contribution in [3.05, 3.63) is 118 Å². The average Bonchev–Trinajstić information content (AvgIpc) is 3.15. The molecule has 4 rings (SSSR count). The molecule has 0 saturated heterocycles. The van der Waals surface area contributed by atoms with Crippen LogP contribution in [0, 0.1) is 27.7 Å². The Balaban J connectivity index is 1.43. The molecule has 0 fully saturated rings. The maximum absolute atomic E-state index is 13.0. The molecule has 5 nitrogen and oxygen atoms in total. The summed E-state index contributed by atoms with van der Waals surface area (Å²) in [5.74, 6) is 1.47. The van der Waals surface area contributed by atoms with E-state index in [0.717, 1.165) is 45.0 Å². The van der Waals surface area contributed by atoms with Crippen LogP contribution in [0.25, 0.3) is 0 Å². The van der Waals surface area contributed by atoms with Gasteiger partial charge in [-0.25, -0.2) is 0 Å². The average molecular weight is 455 g/mol. The van der Waals surface area contributed by atoms with Crippen molar-refractivity contribution in [2.24, 2.45) is 0 Å². The highest BCUT2D eigenvalue weighted by molar-refractivity contribution is 5.79. The summed E-state index contributed by atoms with van der Waals surface area (Å²) < 4.78 is 11.1. The Morgan fingerprint density at radius 2 is 1.71 bits per heavy atom. The number of ether oxygens (including phenoxy) is 1. The fourth-order valence-electron chi connectivity index (χ4n) is 4.10. The van der Waals surface area contributed by atoms with Gasteiger partial charge in [0.15, 0.2) is 0 Å². The zero-order chi connectivity index (χ0) is 24.1. The van der Waals surface area contributed by atoms with Crippen LogP contribution in [0.5, 0.6) is 5.75 Å². The first-order valence-electron chi connectivity index (χ1n) is 11.5. The number of hydrogen-bond acceptors (Lipinski definition) is 4. The van der Waals surface area contributed by atoms with Crippen molar-refractivity contribution >= 4 is 5.91 Å². The van der Waals surface area contributed by atoms with Gasteiger partial charge in [0, 0.05) is 0 Å². The maximum Gasteiger partial charge on any atom is 0.225 e. The number of hydrogen-bond donors (Lipinski definition) is 1. The maximum atomic E-state index is 13.0. The first kappa shape index (κ1) is 23.3. The van der Waals surface area contributed by atoms with E-state index in [9.17, 15) is 4.79 Å². The van der Waals surface area contributed by atoms with Crippen LogP contribution in [0.3, 0.4) is 0 Å². The summed E-state index contributed by atoms with van der Waals surface area (Å²) in [6, 6.07) is 23.9. The van der Waals surface area contributed by atoms with Gasteiger partial charge in [-0.1, -0.05) is 71.4 Å². The molecule has 0 saturated carbocycles. The molecule has 34 heavy (non-hydrogen) atoms. The molecule has 0 aliphatic heterocycles. The van der Waals surface area contributed by atoms with E-state index < -0.39 is 0 Å². The van der Waals surface area contributed by atoms with Crippen molar-refractivity contribution in [3.63, 3.8) is 0 Å². The van der Waals surface area contributed by atoms with Crippen molar-refractivity contribution < 1.29 is 14.1 Å². The third-order valence-electron chi connectivity index (χ3n) is 6.03. The van der Waals surface area contributed by atoms with Crippen molar-refractivity contribution in [3.8, 4) is 5.75 Å². The zero-order valence-corrected chi connectivity index (χ0v) is 20.1. The highest BCUT2D eigenvalue weighted by Gasteiger charge is 2.19. The van der Waals surface area contributed by atoms with Crippen LogP contribution in [0.1, 0.15) is 50.9 Å². The van der Waals surface area contributed by atoms with E-state index in [1.165, 1.54) is 5.56 Å². The molecule has 0 radical (unpaired) electrons. The normalized spacial score (nSPS) is 11.8. The molecule has 0 bridgehead atoms. The first-order chi connectivity index (χ1) is 16.4.